The van der Waals surface area contributed by atoms with Gasteiger partial charge < -0.3 is 41.2 Å². The number of rotatable bonds is 20. The van der Waals surface area contributed by atoms with Crippen LogP contribution in [0.5, 0.6) is 5.75 Å². The topological polar surface area (TPSA) is 184 Å². The lowest BCUT2D eigenvalue weighted by Gasteiger charge is -2.32. The summed E-state index contributed by atoms with van der Waals surface area (Å²) in [4.78, 5) is 64.3. The number of hydrogen-bond acceptors (Lipinski definition) is 9. The normalized spacial score (nSPS) is 18.4. The Morgan fingerprint density at radius 1 is 0.907 bits per heavy atom. The van der Waals surface area contributed by atoms with E-state index >= 15 is 0 Å². The molecule has 1 aliphatic rings. The van der Waals surface area contributed by atoms with E-state index in [4.69, 9.17) is 9.47 Å². The Hall–Kier alpha value is -4.87. The molecule has 0 spiro atoms. The highest BCUT2D eigenvalue weighted by Gasteiger charge is 2.41. The van der Waals surface area contributed by atoms with E-state index in [2.05, 4.69) is 27.8 Å². The van der Waals surface area contributed by atoms with Crippen LogP contribution in [-0.2, 0) is 46.3 Å². The van der Waals surface area contributed by atoms with Crippen molar-refractivity contribution in [3.63, 3.8) is 0 Å². The van der Waals surface area contributed by atoms with Gasteiger partial charge in [-0.3, -0.25) is 24.0 Å². The maximum atomic E-state index is 13.5. The number of amides is 5. The minimum absolute atomic E-state index is 0.0316. The number of carbonyl (C=O) groups is 5. The van der Waals surface area contributed by atoms with Gasteiger partial charge in [0.15, 0.2) is 6.29 Å². The molecule has 1 heterocycles. The molecular formula is C37H46F3N5O8S. The Morgan fingerprint density at radius 2 is 1.56 bits per heavy atom. The van der Waals surface area contributed by atoms with Crippen LogP contribution < -0.4 is 26.6 Å². The van der Waals surface area contributed by atoms with Gasteiger partial charge >= 0.3 is 12.1 Å². The quantitative estimate of drug-likeness (QED) is 0.110. The van der Waals surface area contributed by atoms with E-state index in [1.807, 2.05) is 24.5 Å². The first-order chi connectivity index (χ1) is 25.7. The van der Waals surface area contributed by atoms with E-state index < -0.39 is 66.2 Å². The smallest absolute Gasteiger partial charge is 0.471 e. The number of carbonyl (C=O) groups excluding carboxylic acids is 5. The first kappa shape index (κ1) is 43.5. The zero-order valence-corrected chi connectivity index (χ0v) is 30.7. The van der Waals surface area contributed by atoms with Crippen molar-refractivity contribution in [2.75, 3.05) is 32.2 Å². The molecule has 0 bridgehead atoms. The predicted octanol–water partition coefficient (Wildman–Crippen LogP) is 2.30. The molecule has 0 aromatic heterocycles. The lowest BCUT2D eigenvalue weighted by Crippen LogP contribution is -2.54. The molecule has 0 aliphatic carbocycles. The van der Waals surface area contributed by atoms with Crippen LogP contribution >= 0.6 is 11.8 Å². The lowest BCUT2D eigenvalue weighted by atomic mass is 9.99. The SMILES string of the molecule is C=CCO[C@H]1O[C@H](CNC(=O)[C@H](Cc2ccc(O)cc2)NC(=O)C(F)(F)F)C=C[C@@H]1CC(=O)N[C@@H](Cc1ccccc1)C(=O)N[C@@H](CCSC)C(=O)NC. The average molecular weight is 778 g/mol. The van der Waals surface area contributed by atoms with Crippen molar-refractivity contribution in [1.29, 1.82) is 0 Å². The monoisotopic (exact) mass is 777 g/mol. The molecule has 17 heteroatoms. The third-order valence-corrected chi connectivity index (χ3v) is 8.83. The summed E-state index contributed by atoms with van der Waals surface area (Å²) < 4.78 is 51.0. The second kappa shape index (κ2) is 21.7. The Kier molecular flexibility index (Phi) is 17.5. The molecule has 6 atom stereocenters. The van der Waals surface area contributed by atoms with Gasteiger partial charge in [0.2, 0.25) is 23.6 Å². The number of likely N-dealkylation sites (N-methyl/N-ethyl adjacent to an activating group) is 1. The molecule has 5 amide bonds. The number of phenolic OH excluding ortho intramolecular Hbond substituents is 1. The van der Waals surface area contributed by atoms with Crippen molar-refractivity contribution in [3.05, 3.63) is 90.5 Å². The molecule has 6 N–H and O–H groups in total. The van der Waals surface area contributed by atoms with E-state index in [0.717, 1.165) is 5.56 Å². The second-order valence-corrected chi connectivity index (χ2v) is 13.3. The third-order valence-electron chi connectivity index (χ3n) is 8.19. The summed E-state index contributed by atoms with van der Waals surface area (Å²) in [5.41, 5.74) is 1.16. The van der Waals surface area contributed by atoms with Gasteiger partial charge in [-0.25, -0.2) is 0 Å². The maximum absolute atomic E-state index is 13.5. The van der Waals surface area contributed by atoms with Crippen molar-refractivity contribution in [3.8, 4) is 5.75 Å². The van der Waals surface area contributed by atoms with Gasteiger partial charge in [-0.1, -0.05) is 60.7 Å². The number of ether oxygens (including phenoxy) is 2. The number of benzene rings is 2. The lowest BCUT2D eigenvalue weighted by molar-refractivity contribution is -0.182. The van der Waals surface area contributed by atoms with Crippen LogP contribution in [0.25, 0.3) is 0 Å². The molecular weight excluding hydrogens is 731 g/mol. The summed E-state index contributed by atoms with van der Waals surface area (Å²) in [5, 5.41) is 21.8. The van der Waals surface area contributed by atoms with Crippen molar-refractivity contribution in [1.82, 2.24) is 26.6 Å². The fourth-order valence-corrected chi connectivity index (χ4v) is 5.87. The summed E-state index contributed by atoms with van der Waals surface area (Å²) in [7, 11) is 1.47. The number of hydrogen-bond donors (Lipinski definition) is 6. The molecule has 13 nitrogen and oxygen atoms in total. The molecule has 0 saturated heterocycles. The fraction of sp³-hybridized carbons (Fsp3) is 0.432. The summed E-state index contributed by atoms with van der Waals surface area (Å²) in [6, 6.07) is 11.0. The largest absolute Gasteiger partial charge is 0.508 e. The van der Waals surface area contributed by atoms with Crippen molar-refractivity contribution >= 4 is 41.3 Å². The molecule has 2 aromatic rings. The molecule has 0 unspecified atom stereocenters. The highest BCUT2D eigenvalue weighted by atomic mass is 32.2. The zero-order valence-electron chi connectivity index (χ0n) is 29.9. The van der Waals surface area contributed by atoms with Gasteiger partial charge in [0.05, 0.1) is 12.7 Å². The van der Waals surface area contributed by atoms with Gasteiger partial charge in [0, 0.05) is 38.8 Å². The number of nitrogens with one attached hydrogen (secondary N) is 5. The first-order valence-electron chi connectivity index (χ1n) is 17.1. The van der Waals surface area contributed by atoms with E-state index in [9.17, 15) is 42.3 Å². The van der Waals surface area contributed by atoms with Gasteiger partial charge in [0.25, 0.3) is 0 Å². The minimum atomic E-state index is -5.23. The van der Waals surface area contributed by atoms with Crippen LogP contribution in [0, 0.1) is 5.92 Å². The van der Waals surface area contributed by atoms with Crippen LogP contribution in [0.2, 0.25) is 0 Å². The van der Waals surface area contributed by atoms with Gasteiger partial charge in [-0.2, -0.15) is 24.9 Å². The Morgan fingerprint density at radius 3 is 2.17 bits per heavy atom. The zero-order chi connectivity index (χ0) is 39.7. The molecule has 0 fully saturated rings. The Labute approximate surface area is 315 Å². The van der Waals surface area contributed by atoms with E-state index in [0.29, 0.717) is 17.7 Å². The van der Waals surface area contributed by atoms with E-state index in [1.165, 1.54) is 49.2 Å². The number of aromatic hydroxyl groups is 1. The third kappa shape index (κ3) is 14.5. The molecule has 294 valence electrons. The van der Waals surface area contributed by atoms with Crippen molar-refractivity contribution in [2.45, 2.75) is 62.4 Å². The van der Waals surface area contributed by atoms with Crippen LogP contribution in [0.1, 0.15) is 24.0 Å². The molecule has 0 radical (unpaired) electrons. The molecule has 54 heavy (non-hydrogen) atoms. The van der Waals surface area contributed by atoms with Crippen molar-refractivity contribution in [2.24, 2.45) is 5.92 Å². The maximum Gasteiger partial charge on any atom is 0.471 e. The Balaban J connectivity index is 1.71. The highest BCUT2D eigenvalue weighted by molar-refractivity contribution is 7.98. The van der Waals surface area contributed by atoms with Crippen molar-refractivity contribution < 1.29 is 51.7 Å². The summed E-state index contributed by atoms with van der Waals surface area (Å²) in [6.45, 7) is 3.44. The summed E-state index contributed by atoms with van der Waals surface area (Å²) >= 11 is 1.52. The molecule has 3 rings (SSSR count). The predicted molar refractivity (Wildman–Crippen MR) is 196 cm³/mol. The van der Waals surface area contributed by atoms with Crippen LogP contribution in [-0.4, -0.2) is 104 Å². The van der Waals surface area contributed by atoms with Crippen LogP contribution in [0.4, 0.5) is 13.2 Å². The molecule has 0 saturated carbocycles. The minimum Gasteiger partial charge on any atom is -0.508 e. The van der Waals surface area contributed by atoms with Gasteiger partial charge in [-0.05, 0) is 41.7 Å². The number of phenols is 1. The average Bonchev–Trinajstić information content (AvgIpc) is 3.15. The number of thioether (sulfide) groups is 1. The standard InChI is InChI=1S/C37H46F3N5O8S/c1-4-17-52-35-25(21-31(47)43-30(19-23-8-6-5-7-9-23)34(50)44-28(16-18-54-3)32(48)41-2)12-15-27(53-35)22-42-33(49)29(45-36(51)37(38,39)40)20-24-10-13-26(46)14-11-24/h4-15,25,27-30,35,46H,1,16-22H2,2-3H3,(H,41,48)(H,42,49)(H,43,47)(H,44,50)(H,45,51)/t25-,27+,28+,29+,30+,35+/m1/s1. The van der Waals surface area contributed by atoms with E-state index in [-0.39, 0.29) is 44.1 Å². The number of alkyl halides is 3. The van der Waals surface area contributed by atoms with Gasteiger partial charge in [-0.15, -0.1) is 6.58 Å². The van der Waals surface area contributed by atoms with Crippen LogP contribution in [0.3, 0.4) is 0 Å². The second-order valence-electron chi connectivity index (χ2n) is 12.3. The number of halogens is 3. The molecule has 2 aromatic carbocycles. The summed E-state index contributed by atoms with van der Waals surface area (Å²) in [6.07, 6.45) is -0.493. The summed E-state index contributed by atoms with van der Waals surface area (Å²) in [5.74, 6) is -4.76. The fourth-order valence-electron chi connectivity index (χ4n) is 5.40. The molecule has 1 aliphatic heterocycles. The Bertz CT molecular complexity index is 1600. The highest BCUT2D eigenvalue weighted by Crippen LogP contribution is 2.24. The van der Waals surface area contributed by atoms with Gasteiger partial charge in [0.1, 0.15) is 23.9 Å². The van der Waals surface area contributed by atoms with Crippen LogP contribution in [0.15, 0.2) is 79.4 Å². The van der Waals surface area contributed by atoms with E-state index in [1.54, 1.807) is 29.6 Å². The first-order valence-corrected chi connectivity index (χ1v) is 18.5.